The third-order valence-electron chi connectivity index (χ3n) is 1.66. The van der Waals surface area contributed by atoms with Crippen LogP contribution in [0.1, 0.15) is 12.6 Å². The van der Waals surface area contributed by atoms with Gasteiger partial charge in [-0.3, -0.25) is 19.6 Å². The van der Waals surface area contributed by atoms with Crippen LogP contribution in [0.2, 0.25) is 0 Å². The van der Waals surface area contributed by atoms with Crippen LogP contribution in [0.4, 0.5) is 5.69 Å². The predicted octanol–water partition coefficient (Wildman–Crippen LogP) is 0.438. The molecule has 0 atom stereocenters. The van der Waals surface area contributed by atoms with Crippen molar-refractivity contribution >= 4 is 11.7 Å². The summed E-state index contributed by atoms with van der Waals surface area (Å²) < 4.78 is 1.34. The number of nitro groups is 1. The van der Waals surface area contributed by atoms with Gasteiger partial charge in [-0.25, -0.2) is 0 Å². The van der Waals surface area contributed by atoms with Gasteiger partial charge in [0.2, 0.25) is 0 Å². The minimum atomic E-state index is -1.13. The molecule has 0 fully saturated rings. The van der Waals surface area contributed by atoms with Gasteiger partial charge in [0.1, 0.15) is 6.20 Å². The molecular weight excluding hydrogens is 190 g/mol. The second kappa shape index (κ2) is 3.86. The van der Waals surface area contributed by atoms with E-state index in [1.807, 2.05) is 0 Å². The van der Waals surface area contributed by atoms with Crippen LogP contribution >= 0.6 is 0 Å². The van der Waals surface area contributed by atoms with Crippen molar-refractivity contribution in [3.63, 3.8) is 0 Å². The van der Waals surface area contributed by atoms with E-state index in [1.165, 1.54) is 10.9 Å². The molecule has 14 heavy (non-hydrogen) atoms. The van der Waals surface area contributed by atoms with Crippen LogP contribution in [-0.4, -0.2) is 25.8 Å². The Labute approximate surface area is 79.1 Å². The molecule has 0 saturated carbocycles. The molecule has 0 unspecified atom stereocenters. The minimum absolute atomic E-state index is 0.00986. The third-order valence-corrected chi connectivity index (χ3v) is 1.66. The van der Waals surface area contributed by atoms with E-state index >= 15 is 0 Å². The topological polar surface area (TPSA) is 98.3 Å². The Morgan fingerprint density at radius 1 is 1.79 bits per heavy atom. The van der Waals surface area contributed by atoms with Crippen LogP contribution in [0.5, 0.6) is 0 Å². The van der Waals surface area contributed by atoms with Gasteiger partial charge >= 0.3 is 11.7 Å². The Morgan fingerprint density at radius 2 is 2.43 bits per heavy atom. The maximum atomic E-state index is 10.5. The number of rotatable bonds is 4. The number of aromatic nitrogens is 2. The van der Waals surface area contributed by atoms with Gasteiger partial charge in [0.15, 0.2) is 5.69 Å². The largest absolute Gasteiger partial charge is 0.481 e. The van der Waals surface area contributed by atoms with Crippen LogP contribution in [0.25, 0.3) is 0 Å². The highest BCUT2D eigenvalue weighted by Crippen LogP contribution is 2.16. The highest BCUT2D eigenvalue weighted by Gasteiger charge is 2.20. The Morgan fingerprint density at radius 3 is 2.86 bits per heavy atom. The summed E-state index contributed by atoms with van der Waals surface area (Å²) in [6.45, 7) is 2.24. The molecule has 1 heterocycles. The second-order valence-corrected chi connectivity index (χ2v) is 2.64. The summed E-state index contributed by atoms with van der Waals surface area (Å²) >= 11 is 0. The smallest absolute Gasteiger partial charge is 0.310 e. The molecule has 0 bridgehead atoms. The summed E-state index contributed by atoms with van der Waals surface area (Å²) in [5, 5.41) is 22.8. The number of aliphatic carboxylic acids is 1. The molecule has 7 nitrogen and oxygen atoms in total. The number of nitrogens with zero attached hydrogens (tertiary/aromatic N) is 3. The van der Waals surface area contributed by atoms with Gasteiger partial charge in [-0.15, -0.1) is 0 Å². The summed E-state index contributed by atoms with van der Waals surface area (Å²) in [5.74, 6) is -1.13. The number of carboxylic acids is 1. The van der Waals surface area contributed by atoms with Crippen molar-refractivity contribution in [1.29, 1.82) is 0 Å². The minimum Gasteiger partial charge on any atom is -0.481 e. The third kappa shape index (κ3) is 2.06. The summed E-state index contributed by atoms with van der Waals surface area (Å²) in [4.78, 5) is 20.2. The van der Waals surface area contributed by atoms with Gasteiger partial charge in [0, 0.05) is 6.54 Å². The molecular formula is C7H9N3O4. The van der Waals surface area contributed by atoms with Crippen molar-refractivity contribution in [2.45, 2.75) is 19.9 Å². The van der Waals surface area contributed by atoms with E-state index < -0.39 is 17.3 Å². The highest BCUT2D eigenvalue weighted by molar-refractivity contribution is 5.71. The van der Waals surface area contributed by atoms with Crippen LogP contribution in [0.3, 0.4) is 0 Å². The SMILES string of the molecule is CCn1cc([N+](=O)[O-])c(CC(=O)O)n1. The monoisotopic (exact) mass is 199 g/mol. The van der Waals surface area contributed by atoms with Crippen molar-refractivity contribution in [1.82, 2.24) is 9.78 Å². The maximum Gasteiger partial charge on any atom is 0.310 e. The standard InChI is InChI=1S/C7H9N3O4/c1-2-9-4-6(10(13)14)5(8-9)3-7(11)12/h4H,2-3H2,1H3,(H,11,12). The lowest BCUT2D eigenvalue weighted by Crippen LogP contribution is -2.04. The zero-order valence-corrected chi connectivity index (χ0v) is 7.51. The van der Waals surface area contributed by atoms with E-state index in [4.69, 9.17) is 5.11 Å². The van der Waals surface area contributed by atoms with Crippen molar-refractivity contribution in [3.05, 3.63) is 22.0 Å². The Bertz CT molecular complexity index is 371. The first kappa shape index (κ1) is 10.2. The number of aryl methyl sites for hydroxylation is 1. The normalized spacial score (nSPS) is 10.1. The molecule has 7 heteroatoms. The average molecular weight is 199 g/mol. The van der Waals surface area contributed by atoms with E-state index in [0.717, 1.165) is 0 Å². The molecule has 76 valence electrons. The molecule has 0 aliphatic heterocycles. The number of carbonyl (C=O) groups is 1. The molecule has 0 aliphatic rings. The molecule has 1 rings (SSSR count). The Kier molecular flexibility index (Phi) is 2.80. The van der Waals surface area contributed by atoms with Crippen LogP contribution in [-0.2, 0) is 17.8 Å². The van der Waals surface area contributed by atoms with Crippen LogP contribution in [0, 0.1) is 10.1 Å². The lowest BCUT2D eigenvalue weighted by molar-refractivity contribution is -0.385. The van der Waals surface area contributed by atoms with Crippen LogP contribution in [0.15, 0.2) is 6.20 Å². The van der Waals surface area contributed by atoms with Crippen molar-refractivity contribution in [2.24, 2.45) is 0 Å². The Balaban J connectivity index is 3.05. The molecule has 1 aromatic rings. The molecule has 0 radical (unpaired) electrons. The van der Waals surface area contributed by atoms with Crippen molar-refractivity contribution < 1.29 is 14.8 Å². The second-order valence-electron chi connectivity index (χ2n) is 2.64. The first-order valence-electron chi connectivity index (χ1n) is 3.97. The molecule has 1 aromatic heterocycles. The van der Waals surface area contributed by atoms with E-state index in [1.54, 1.807) is 6.92 Å². The first-order chi connectivity index (χ1) is 6.54. The fraction of sp³-hybridized carbons (Fsp3) is 0.429. The maximum absolute atomic E-state index is 10.5. The van der Waals surface area contributed by atoms with E-state index in [0.29, 0.717) is 6.54 Å². The fourth-order valence-electron chi connectivity index (χ4n) is 1.03. The van der Waals surface area contributed by atoms with Gasteiger partial charge in [-0.2, -0.15) is 5.10 Å². The summed E-state index contributed by atoms with van der Waals surface area (Å²) in [6, 6.07) is 0. The van der Waals surface area contributed by atoms with Crippen LogP contribution < -0.4 is 0 Å². The molecule has 0 aliphatic carbocycles. The van der Waals surface area contributed by atoms with Gasteiger partial charge in [0.05, 0.1) is 11.3 Å². The molecule has 0 aromatic carbocycles. The zero-order chi connectivity index (χ0) is 10.7. The fourth-order valence-corrected chi connectivity index (χ4v) is 1.03. The Hall–Kier alpha value is -1.92. The van der Waals surface area contributed by atoms with Gasteiger partial charge in [0.25, 0.3) is 0 Å². The lowest BCUT2D eigenvalue weighted by atomic mass is 10.3. The molecule has 1 N–H and O–H groups in total. The summed E-state index contributed by atoms with van der Waals surface area (Å²) in [6.07, 6.45) is 0.807. The summed E-state index contributed by atoms with van der Waals surface area (Å²) in [5.41, 5.74) is -0.251. The van der Waals surface area contributed by atoms with Gasteiger partial charge < -0.3 is 5.11 Å². The van der Waals surface area contributed by atoms with Crippen molar-refractivity contribution in [3.8, 4) is 0 Å². The van der Waals surface area contributed by atoms with Crippen molar-refractivity contribution in [2.75, 3.05) is 0 Å². The summed E-state index contributed by atoms with van der Waals surface area (Å²) in [7, 11) is 0. The van der Waals surface area contributed by atoms with E-state index in [2.05, 4.69) is 5.10 Å². The van der Waals surface area contributed by atoms with E-state index in [-0.39, 0.29) is 11.4 Å². The molecule has 0 spiro atoms. The number of hydrogen-bond acceptors (Lipinski definition) is 4. The van der Waals surface area contributed by atoms with Gasteiger partial charge in [-0.05, 0) is 6.92 Å². The molecule has 0 amide bonds. The lowest BCUT2D eigenvalue weighted by Gasteiger charge is -1.90. The van der Waals surface area contributed by atoms with Gasteiger partial charge in [-0.1, -0.05) is 0 Å². The average Bonchev–Trinajstić information content (AvgIpc) is 2.46. The highest BCUT2D eigenvalue weighted by atomic mass is 16.6. The predicted molar refractivity (Wildman–Crippen MR) is 45.9 cm³/mol. The first-order valence-corrected chi connectivity index (χ1v) is 3.97. The van der Waals surface area contributed by atoms with E-state index in [9.17, 15) is 14.9 Å². The quantitative estimate of drug-likeness (QED) is 0.560. The molecule has 0 saturated heterocycles. The zero-order valence-electron chi connectivity index (χ0n) is 7.51. The number of carboxylic acid groups (broad SMARTS) is 1. The number of hydrogen-bond donors (Lipinski definition) is 1.